The number of nitrogens with one attached hydrogen (secondary N) is 1. The number of aryl methyl sites for hydroxylation is 3. The Morgan fingerprint density at radius 2 is 1.71 bits per heavy atom. The number of nitro groups is 1. The molecule has 0 aromatic heterocycles. The molecule has 0 unspecified atom stereocenters. The van der Waals surface area contributed by atoms with Crippen molar-refractivity contribution in [3.63, 3.8) is 0 Å². The second-order valence-corrected chi connectivity index (χ2v) is 9.64. The molecule has 0 heterocycles. The predicted octanol–water partition coefficient (Wildman–Crippen LogP) is 3.94. The summed E-state index contributed by atoms with van der Waals surface area (Å²) in [5.41, 5.74) is 3.53. The van der Waals surface area contributed by atoms with Crippen LogP contribution in [-0.4, -0.2) is 31.5 Å². The van der Waals surface area contributed by atoms with Crippen LogP contribution in [0.15, 0.2) is 36.4 Å². The molecule has 8 nitrogen and oxygen atoms in total. The molecule has 1 N–H and O–H groups in total. The normalized spacial score (nSPS) is 13.4. The average Bonchev–Trinajstić information content (AvgIpc) is 2.67. The summed E-state index contributed by atoms with van der Waals surface area (Å²) in [6.07, 6.45) is 1.19. The average molecular weight is 448 g/mol. The number of non-ortho nitro benzene ring substituents is 1. The highest BCUT2D eigenvalue weighted by Crippen LogP contribution is 2.30. The van der Waals surface area contributed by atoms with Crippen LogP contribution < -0.4 is 9.62 Å². The Hall–Kier alpha value is -2.94. The maximum absolute atomic E-state index is 13.2. The molecule has 0 aliphatic carbocycles. The zero-order valence-electron chi connectivity index (χ0n) is 18.7. The number of hydrogen-bond donors (Lipinski definition) is 1. The van der Waals surface area contributed by atoms with E-state index in [9.17, 15) is 23.3 Å². The third-order valence-electron chi connectivity index (χ3n) is 5.36. The Morgan fingerprint density at radius 3 is 2.23 bits per heavy atom. The van der Waals surface area contributed by atoms with E-state index in [0.29, 0.717) is 5.56 Å². The van der Waals surface area contributed by atoms with Gasteiger partial charge in [0.1, 0.15) is 6.04 Å². The first-order valence-electron chi connectivity index (χ1n) is 9.98. The summed E-state index contributed by atoms with van der Waals surface area (Å²) < 4.78 is 26.4. The second kappa shape index (κ2) is 9.47. The van der Waals surface area contributed by atoms with Crippen molar-refractivity contribution in [2.24, 2.45) is 0 Å². The smallest absolute Gasteiger partial charge is 0.271 e. The van der Waals surface area contributed by atoms with Crippen LogP contribution in [0.4, 0.5) is 11.4 Å². The van der Waals surface area contributed by atoms with Gasteiger partial charge in [-0.2, -0.15) is 0 Å². The third kappa shape index (κ3) is 5.61. The molecule has 0 aliphatic rings. The van der Waals surface area contributed by atoms with Crippen molar-refractivity contribution in [1.29, 1.82) is 0 Å². The van der Waals surface area contributed by atoms with E-state index >= 15 is 0 Å². The summed E-state index contributed by atoms with van der Waals surface area (Å²) in [5.74, 6) is -0.468. The van der Waals surface area contributed by atoms with Crippen LogP contribution in [0.2, 0.25) is 0 Å². The first-order chi connectivity index (χ1) is 14.4. The van der Waals surface area contributed by atoms with Crippen LogP contribution in [-0.2, 0) is 14.8 Å². The summed E-state index contributed by atoms with van der Waals surface area (Å²) in [7, 11) is -3.90. The van der Waals surface area contributed by atoms with Crippen molar-refractivity contribution in [2.75, 3.05) is 10.6 Å². The van der Waals surface area contributed by atoms with Gasteiger partial charge in [-0.15, -0.1) is 0 Å². The van der Waals surface area contributed by atoms with Gasteiger partial charge in [0.2, 0.25) is 15.9 Å². The fraction of sp³-hybridized carbons (Fsp3) is 0.409. The van der Waals surface area contributed by atoms with E-state index in [0.717, 1.165) is 27.3 Å². The lowest BCUT2D eigenvalue weighted by Crippen LogP contribution is -2.50. The van der Waals surface area contributed by atoms with Crippen LogP contribution in [0.5, 0.6) is 0 Å². The number of carbonyl (C=O) groups is 1. The molecule has 0 saturated heterocycles. The van der Waals surface area contributed by atoms with Crippen molar-refractivity contribution < 1.29 is 18.1 Å². The fourth-order valence-electron chi connectivity index (χ4n) is 3.41. The van der Waals surface area contributed by atoms with Gasteiger partial charge in [-0.1, -0.05) is 31.2 Å². The van der Waals surface area contributed by atoms with Crippen molar-refractivity contribution in [2.45, 2.75) is 53.1 Å². The summed E-state index contributed by atoms with van der Waals surface area (Å²) in [5, 5.41) is 14.1. The maximum Gasteiger partial charge on any atom is 0.271 e. The van der Waals surface area contributed by atoms with E-state index in [1.807, 2.05) is 39.0 Å². The largest absolute Gasteiger partial charge is 0.348 e. The molecule has 2 aromatic carbocycles. The highest BCUT2D eigenvalue weighted by molar-refractivity contribution is 7.92. The summed E-state index contributed by atoms with van der Waals surface area (Å²) in [4.78, 5) is 23.8. The minimum atomic E-state index is -3.90. The second-order valence-electron chi connectivity index (χ2n) is 7.78. The summed E-state index contributed by atoms with van der Waals surface area (Å²) in [6, 6.07) is 8.47. The van der Waals surface area contributed by atoms with E-state index in [-0.39, 0.29) is 23.8 Å². The highest BCUT2D eigenvalue weighted by Gasteiger charge is 2.34. The Kier molecular flexibility index (Phi) is 7.43. The van der Waals surface area contributed by atoms with Crippen LogP contribution in [0.25, 0.3) is 0 Å². The molecule has 168 valence electrons. The lowest BCUT2D eigenvalue weighted by Gasteiger charge is -2.32. The minimum absolute atomic E-state index is 0.123. The van der Waals surface area contributed by atoms with Gasteiger partial charge in [-0.05, 0) is 56.4 Å². The third-order valence-corrected chi connectivity index (χ3v) is 6.53. The molecule has 2 atom stereocenters. The van der Waals surface area contributed by atoms with Crippen molar-refractivity contribution in [3.05, 3.63) is 68.8 Å². The summed E-state index contributed by atoms with van der Waals surface area (Å²) >= 11 is 0. The Labute approximate surface area is 183 Å². The number of amides is 1. The Balaban J connectivity index is 2.43. The number of carbonyl (C=O) groups excluding carboxylic acids is 1. The molecule has 0 saturated carbocycles. The zero-order chi connectivity index (χ0) is 23.5. The quantitative estimate of drug-likeness (QED) is 0.487. The van der Waals surface area contributed by atoms with Gasteiger partial charge < -0.3 is 5.32 Å². The fourth-order valence-corrected chi connectivity index (χ4v) is 4.67. The molecule has 31 heavy (non-hydrogen) atoms. The van der Waals surface area contributed by atoms with Gasteiger partial charge in [-0.25, -0.2) is 8.42 Å². The molecule has 0 spiro atoms. The SMILES string of the molecule is CC[C@H](C(=O)N[C@@H](C)c1ccc(C)c(C)c1)N(c1cc([N+](=O)[O-])ccc1C)S(C)(=O)=O. The van der Waals surface area contributed by atoms with E-state index < -0.39 is 26.9 Å². The molecule has 0 fully saturated rings. The van der Waals surface area contributed by atoms with Gasteiger partial charge in [0.05, 0.1) is 22.9 Å². The van der Waals surface area contributed by atoms with Gasteiger partial charge in [0.25, 0.3) is 5.69 Å². The van der Waals surface area contributed by atoms with E-state index in [4.69, 9.17) is 0 Å². The molecule has 0 bridgehead atoms. The molecule has 9 heteroatoms. The van der Waals surface area contributed by atoms with Crippen molar-refractivity contribution in [1.82, 2.24) is 5.32 Å². The topological polar surface area (TPSA) is 110 Å². The molecule has 2 aromatic rings. The van der Waals surface area contributed by atoms with Crippen molar-refractivity contribution in [3.8, 4) is 0 Å². The molecule has 2 rings (SSSR count). The van der Waals surface area contributed by atoms with Crippen LogP contribution >= 0.6 is 0 Å². The van der Waals surface area contributed by atoms with Crippen molar-refractivity contribution >= 4 is 27.3 Å². The number of rotatable bonds is 8. The van der Waals surface area contributed by atoms with Gasteiger partial charge in [-0.3, -0.25) is 19.2 Å². The highest BCUT2D eigenvalue weighted by atomic mass is 32.2. The minimum Gasteiger partial charge on any atom is -0.348 e. The number of nitrogens with zero attached hydrogens (tertiary/aromatic N) is 2. The molecule has 0 radical (unpaired) electrons. The van der Waals surface area contributed by atoms with E-state index in [1.54, 1.807) is 13.8 Å². The van der Waals surface area contributed by atoms with Crippen LogP contribution in [0.1, 0.15) is 48.6 Å². The zero-order valence-corrected chi connectivity index (χ0v) is 19.5. The molecule has 1 amide bonds. The summed E-state index contributed by atoms with van der Waals surface area (Å²) in [6.45, 7) is 9.17. The Morgan fingerprint density at radius 1 is 1.10 bits per heavy atom. The first-order valence-corrected chi connectivity index (χ1v) is 11.8. The van der Waals surface area contributed by atoms with Gasteiger partial charge in [0.15, 0.2) is 0 Å². The number of anilines is 1. The molecule has 0 aliphatic heterocycles. The lowest BCUT2D eigenvalue weighted by molar-refractivity contribution is -0.384. The number of hydrogen-bond acceptors (Lipinski definition) is 5. The van der Waals surface area contributed by atoms with Gasteiger partial charge >= 0.3 is 0 Å². The number of benzene rings is 2. The van der Waals surface area contributed by atoms with Gasteiger partial charge in [0, 0.05) is 12.1 Å². The van der Waals surface area contributed by atoms with E-state index in [1.165, 1.54) is 18.2 Å². The number of nitro benzene ring substituents is 1. The molecular weight excluding hydrogens is 418 g/mol. The lowest BCUT2D eigenvalue weighted by atomic mass is 10.0. The first kappa shape index (κ1) is 24.3. The van der Waals surface area contributed by atoms with Crippen LogP contribution in [0.3, 0.4) is 0 Å². The number of sulfonamides is 1. The molecular formula is C22H29N3O5S. The maximum atomic E-state index is 13.2. The predicted molar refractivity (Wildman–Crippen MR) is 122 cm³/mol. The standard InChI is InChI=1S/C22H29N3O5S/c1-7-20(22(26)23-17(5)18-10-8-14(2)16(4)12-18)24(31(6,29)30)21-13-19(25(27)28)11-9-15(21)3/h8-13,17,20H,7H2,1-6H3,(H,23,26)/t17-,20+/m0/s1. The van der Waals surface area contributed by atoms with Crippen LogP contribution in [0, 0.1) is 30.9 Å². The van der Waals surface area contributed by atoms with E-state index in [2.05, 4.69) is 5.32 Å². The Bertz CT molecular complexity index is 1100. The monoisotopic (exact) mass is 447 g/mol.